The maximum Gasteiger partial charge on any atom is 0.223 e. The molecular formula is C18H22N2O3. The van der Waals surface area contributed by atoms with Gasteiger partial charge < -0.3 is 14.5 Å². The zero-order valence-corrected chi connectivity index (χ0v) is 13.5. The van der Waals surface area contributed by atoms with E-state index in [4.69, 9.17) is 9.15 Å². The lowest BCUT2D eigenvalue weighted by Crippen LogP contribution is -2.41. The molecule has 0 aliphatic carbocycles. The predicted octanol–water partition coefficient (Wildman–Crippen LogP) is 3.16. The number of benzene rings is 1. The second-order valence-electron chi connectivity index (χ2n) is 6.58. The number of nitrogens with one attached hydrogen (secondary N) is 1. The lowest BCUT2D eigenvalue weighted by Gasteiger charge is -2.34. The maximum atomic E-state index is 12.3. The summed E-state index contributed by atoms with van der Waals surface area (Å²) in [6.45, 7) is 5.26. The van der Waals surface area contributed by atoms with Crippen LogP contribution in [0, 0.1) is 5.92 Å². The zero-order chi connectivity index (χ0) is 16.3. The van der Waals surface area contributed by atoms with Crippen LogP contribution in [-0.4, -0.2) is 23.1 Å². The molecule has 0 saturated carbocycles. The largest absolute Gasteiger partial charge is 0.444 e. The normalized spacial score (nSPS) is 20.2. The fourth-order valence-corrected chi connectivity index (χ4v) is 2.93. The summed E-state index contributed by atoms with van der Waals surface area (Å²) in [7, 11) is 0. The molecule has 1 unspecified atom stereocenters. The Hall–Kier alpha value is -2.14. The average Bonchev–Trinajstić information content (AvgIpc) is 3.06. The third-order valence-electron chi connectivity index (χ3n) is 4.21. The molecule has 1 aliphatic rings. The van der Waals surface area contributed by atoms with E-state index >= 15 is 0 Å². The Morgan fingerprint density at radius 3 is 2.78 bits per heavy atom. The smallest absolute Gasteiger partial charge is 0.223 e. The molecule has 23 heavy (non-hydrogen) atoms. The average molecular weight is 314 g/mol. The number of aromatic nitrogens is 1. The van der Waals surface area contributed by atoms with Crippen molar-refractivity contribution in [1.82, 2.24) is 10.3 Å². The summed E-state index contributed by atoms with van der Waals surface area (Å²) in [6, 6.07) is 7.93. The Labute approximate surface area is 136 Å². The van der Waals surface area contributed by atoms with Crippen LogP contribution in [0.5, 0.6) is 0 Å². The molecule has 1 amide bonds. The first-order chi connectivity index (χ1) is 11.0. The fourth-order valence-electron chi connectivity index (χ4n) is 2.93. The molecule has 0 radical (unpaired) electrons. The van der Waals surface area contributed by atoms with Gasteiger partial charge in [-0.25, -0.2) is 4.98 Å². The van der Waals surface area contributed by atoms with Crippen molar-refractivity contribution < 1.29 is 13.9 Å². The van der Waals surface area contributed by atoms with Gasteiger partial charge in [0.05, 0.1) is 11.8 Å². The van der Waals surface area contributed by atoms with Gasteiger partial charge >= 0.3 is 0 Å². The molecule has 1 saturated heterocycles. The molecule has 0 spiro atoms. The SMILES string of the molecule is CC1(C)CC(C(=O)NCc2ccc(-c3cnco3)cc2)CCO1. The minimum absolute atomic E-state index is 0.0345. The minimum atomic E-state index is -0.209. The highest BCUT2D eigenvalue weighted by atomic mass is 16.5. The topological polar surface area (TPSA) is 64.4 Å². The van der Waals surface area contributed by atoms with Crippen molar-refractivity contribution in [3.05, 3.63) is 42.4 Å². The molecule has 2 heterocycles. The second-order valence-corrected chi connectivity index (χ2v) is 6.58. The number of hydrogen-bond acceptors (Lipinski definition) is 4. The summed E-state index contributed by atoms with van der Waals surface area (Å²) in [5, 5.41) is 3.03. The van der Waals surface area contributed by atoms with Gasteiger partial charge in [0.2, 0.25) is 5.91 Å². The van der Waals surface area contributed by atoms with Crippen molar-refractivity contribution in [3.8, 4) is 11.3 Å². The van der Waals surface area contributed by atoms with Gasteiger partial charge in [-0.1, -0.05) is 24.3 Å². The molecule has 5 heteroatoms. The molecule has 1 N–H and O–H groups in total. The van der Waals surface area contributed by atoms with Crippen molar-refractivity contribution >= 4 is 5.91 Å². The molecule has 122 valence electrons. The molecule has 3 rings (SSSR count). The van der Waals surface area contributed by atoms with Gasteiger partial charge in [0.25, 0.3) is 0 Å². The van der Waals surface area contributed by atoms with Gasteiger partial charge in [0, 0.05) is 24.6 Å². The molecule has 5 nitrogen and oxygen atoms in total. The Balaban J connectivity index is 1.55. The Morgan fingerprint density at radius 1 is 1.35 bits per heavy atom. The van der Waals surface area contributed by atoms with Crippen LogP contribution in [0.1, 0.15) is 32.3 Å². The van der Waals surface area contributed by atoms with Gasteiger partial charge in [-0.3, -0.25) is 4.79 Å². The number of nitrogens with zero attached hydrogens (tertiary/aromatic N) is 1. The number of carbonyl (C=O) groups excluding carboxylic acids is 1. The summed E-state index contributed by atoms with van der Waals surface area (Å²) < 4.78 is 10.9. The zero-order valence-electron chi connectivity index (χ0n) is 13.5. The van der Waals surface area contributed by atoms with Crippen LogP contribution in [0.15, 0.2) is 41.3 Å². The first-order valence-electron chi connectivity index (χ1n) is 7.93. The molecular weight excluding hydrogens is 292 g/mol. The number of amides is 1. The molecule has 1 aromatic heterocycles. The molecule has 1 atom stereocenters. The van der Waals surface area contributed by atoms with E-state index in [1.807, 2.05) is 38.1 Å². The summed E-state index contributed by atoms with van der Waals surface area (Å²) >= 11 is 0. The van der Waals surface area contributed by atoms with Gasteiger partial charge in [0.15, 0.2) is 12.2 Å². The Morgan fingerprint density at radius 2 is 2.13 bits per heavy atom. The van der Waals surface area contributed by atoms with Gasteiger partial charge in [0.1, 0.15) is 0 Å². The van der Waals surface area contributed by atoms with E-state index in [1.165, 1.54) is 6.39 Å². The monoisotopic (exact) mass is 314 g/mol. The summed E-state index contributed by atoms with van der Waals surface area (Å²) in [6.07, 6.45) is 4.66. The van der Waals surface area contributed by atoms with Crippen molar-refractivity contribution in [2.24, 2.45) is 5.92 Å². The van der Waals surface area contributed by atoms with Crippen LogP contribution in [0.2, 0.25) is 0 Å². The van der Waals surface area contributed by atoms with Crippen LogP contribution in [0.3, 0.4) is 0 Å². The van der Waals surface area contributed by atoms with Crippen LogP contribution < -0.4 is 5.32 Å². The first-order valence-corrected chi connectivity index (χ1v) is 7.93. The number of ether oxygens (including phenoxy) is 1. The van der Waals surface area contributed by atoms with E-state index in [0.29, 0.717) is 13.2 Å². The summed E-state index contributed by atoms with van der Waals surface area (Å²) in [5.41, 5.74) is 1.83. The van der Waals surface area contributed by atoms with E-state index in [1.54, 1.807) is 6.20 Å². The van der Waals surface area contributed by atoms with Crippen molar-refractivity contribution in [2.45, 2.75) is 38.8 Å². The third-order valence-corrected chi connectivity index (χ3v) is 4.21. The van der Waals surface area contributed by atoms with E-state index in [9.17, 15) is 4.79 Å². The van der Waals surface area contributed by atoms with Crippen LogP contribution >= 0.6 is 0 Å². The summed E-state index contributed by atoms with van der Waals surface area (Å²) in [4.78, 5) is 16.2. The second kappa shape index (κ2) is 6.54. The quantitative estimate of drug-likeness (QED) is 0.941. The van der Waals surface area contributed by atoms with Gasteiger partial charge in [-0.15, -0.1) is 0 Å². The van der Waals surface area contributed by atoms with Crippen LogP contribution in [0.4, 0.5) is 0 Å². The first kappa shape index (κ1) is 15.7. The fraction of sp³-hybridized carbons (Fsp3) is 0.444. The highest BCUT2D eigenvalue weighted by Crippen LogP contribution is 2.28. The standard InChI is InChI=1S/C18H22N2O3/c1-18(2)9-15(7-8-23-18)17(21)20-10-13-3-5-14(6-4-13)16-11-19-12-22-16/h3-6,11-12,15H,7-10H2,1-2H3,(H,20,21). The molecule has 0 bridgehead atoms. The van der Waals surface area contributed by atoms with E-state index < -0.39 is 0 Å². The van der Waals surface area contributed by atoms with Crippen LogP contribution in [0.25, 0.3) is 11.3 Å². The highest BCUT2D eigenvalue weighted by Gasteiger charge is 2.32. The molecule has 2 aromatic rings. The number of hydrogen-bond donors (Lipinski definition) is 1. The van der Waals surface area contributed by atoms with Crippen molar-refractivity contribution in [3.63, 3.8) is 0 Å². The minimum Gasteiger partial charge on any atom is -0.444 e. The van der Waals surface area contributed by atoms with Gasteiger partial charge in [-0.2, -0.15) is 0 Å². The lowest BCUT2D eigenvalue weighted by molar-refractivity contribution is -0.135. The van der Waals surface area contributed by atoms with Crippen molar-refractivity contribution in [2.75, 3.05) is 6.61 Å². The van der Waals surface area contributed by atoms with Gasteiger partial charge in [-0.05, 0) is 32.3 Å². The van der Waals surface area contributed by atoms with E-state index in [0.717, 1.165) is 29.7 Å². The Kier molecular flexibility index (Phi) is 4.48. The highest BCUT2D eigenvalue weighted by molar-refractivity contribution is 5.78. The number of oxazole rings is 1. The molecule has 1 fully saturated rings. The van der Waals surface area contributed by atoms with Crippen molar-refractivity contribution in [1.29, 1.82) is 0 Å². The lowest BCUT2D eigenvalue weighted by atomic mass is 9.88. The van der Waals surface area contributed by atoms with E-state index in [2.05, 4.69) is 10.3 Å². The van der Waals surface area contributed by atoms with E-state index in [-0.39, 0.29) is 17.4 Å². The number of rotatable bonds is 4. The molecule has 1 aliphatic heterocycles. The number of carbonyl (C=O) groups is 1. The third kappa shape index (κ3) is 3.99. The summed E-state index contributed by atoms with van der Waals surface area (Å²) in [5.74, 6) is 0.887. The Bertz CT molecular complexity index is 647. The predicted molar refractivity (Wildman–Crippen MR) is 86.5 cm³/mol. The van der Waals surface area contributed by atoms with Crippen LogP contribution in [-0.2, 0) is 16.1 Å². The maximum absolute atomic E-state index is 12.3. The molecule has 1 aromatic carbocycles.